The molecular weight excluding hydrogens is 997 g/mol. The molecule has 1 aliphatic rings. The van der Waals surface area contributed by atoms with E-state index in [-0.39, 0.29) is 61.6 Å². The Morgan fingerprint density at radius 3 is 1.62 bits per heavy atom. The van der Waals surface area contributed by atoms with Crippen LogP contribution in [0.3, 0.4) is 0 Å². The Morgan fingerprint density at radius 2 is 1.16 bits per heavy atom. The van der Waals surface area contributed by atoms with Gasteiger partial charge in [0.05, 0.1) is 11.1 Å². The number of nitrogens with zero attached hydrogens (tertiary/aromatic N) is 1. The van der Waals surface area contributed by atoms with E-state index in [4.69, 9.17) is 4.72 Å². The number of carbonyl (C=O) groups excluding carboxylic acids is 4. The quantitative estimate of drug-likeness (QED) is 0.0914. The maximum absolute atomic E-state index is 12.8. The van der Waals surface area contributed by atoms with Crippen molar-refractivity contribution in [3.63, 3.8) is 0 Å². The van der Waals surface area contributed by atoms with E-state index in [1.54, 1.807) is 61.5 Å². The van der Waals surface area contributed by atoms with Crippen LogP contribution in [0, 0.1) is 31.1 Å². The monoisotopic (exact) mass is 1030 g/mol. The first-order valence-electron chi connectivity index (χ1n) is 17.2. The van der Waals surface area contributed by atoms with Gasteiger partial charge in [-0.15, -0.1) is 0 Å². The Labute approximate surface area is 352 Å². The van der Waals surface area contributed by atoms with Gasteiger partial charge < -0.3 is 21.3 Å². The Hall–Kier alpha value is -5.92. The van der Waals surface area contributed by atoms with Crippen LogP contribution in [0.2, 0.25) is 0 Å². The predicted octanol–water partition coefficient (Wildman–Crippen LogP) is 10.6. The maximum Gasteiger partial charge on any atom is 0.416 e. The molecule has 0 fully saturated rings. The molecule has 0 bridgehead atoms. The summed E-state index contributed by atoms with van der Waals surface area (Å²) in [4.78, 5) is 50.8. The van der Waals surface area contributed by atoms with Crippen LogP contribution < -0.4 is 21.3 Å². The van der Waals surface area contributed by atoms with Gasteiger partial charge >= 0.3 is 24.4 Å². The van der Waals surface area contributed by atoms with Gasteiger partial charge in [0, 0.05) is 77.8 Å². The summed E-state index contributed by atoms with van der Waals surface area (Å²) in [5.74, 6) is -0.571. The zero-order valence-electron chi connectivity index (χ0n) is 31.4. The minimum absolute atomic E-state index is 0. The second-order valence-electron chi connectivity index (χ2n) is 12.2. The number of hydrogen-bond donors (Lipinski definition) is 4. The third kappa shape index (κ3) is 11.1. The van der Waals surface area contributed by atoms with Crippen molar-refractivity contribution in [1.82, 2.24) is 10.2 Å². The second-order valence-corrected chi connectivity index (χ2v) is 12.2. The van der Waals surface area contributed by atoms with E-state index in [0.717, 1.165) is 22.1 Å². The smallest absolute Gasteiger partial charge is 0.334 e. The number of alkyl halides is 6. The third-order valence-electron chi connectivity index (χ3n) is 8.49. The fourth-order valence-electron chi connectivity index (χ4n) is 5.72. The molecule has 5 aromatic rings. The van der Waals surface area contributed by atoms with Crippen LogP contribution in [0.4, 0.5) is 57.7 Å². The van der Waals surface area contributed by atoms with E-state index in [0.29, 0.717) is 46.6 Å². The van der Waals surface area contributed by atoms with E-state index >= 15 is 0 Å². The zero-order chi connectivity index (χ0) is 42.8. The Balaban J connectivity index is 0.000000301. The van der Waals surface area contributed by atoms with Crippen molar-refractivity contribution in [2.75, 3.05) is 22.5 Å². The molecule has 0 aliphatic carbocycles. The Bertz CT molecular complexity index is 2280. The number of halogens is 7. The van der Waals surface area contributed by atoms with Crippen LogP contribution >= 0.6 is 0 Å². The summed E-state index contributed by atoms with van der Waals surface area (Å²) in [6.45, 7) is 9.62. The van der Waals surface area contributed by atoms with Gasteiger partial charge in [-0.2, -0.15) is 26.3 Å². The van der Waals surface area contributed by atoms with Crippen molar-refractivity contribution in [3.8, 4) is 0 Å². The summed E-state index contributed by atoms with van der Waals surface area (Å²) in [5, 5.41) is 11.3. The van der Waals surface area contributed by atoms with Crippen LogP contribution in [-0.2, 0) is 18.9 Å². The first-order chi connectivity index (χ1) is 27.5. The van der Waals surface area contributed by atoms with Crippen molar-refractivity contribution in [3.05, 3.63) is 149 Å². The molecule has 0 saturated heterocycles. The van der Waals surface area contributed by atoms with Crippen LogP contribution in [0.1, 0.15) is 55.5 Å². The molecule has 6 rings (SSSR count). The Kier molecular flexibility index (Phi) is 15.1. The minimum Gasteiger partial charge on any atom is -0.334 e. The molecule has 0 atom stereocenters. The SMILES string of the molecule is C=Cc1ccc(NC(=O)NCc2ccc3c4c(cccc24)C(=O)N(CC)C3=O)cc1.C=Cc1ccc(NC(=O)Nc2cc(C(F)(F)F)cc(C(F)(F)F)c2)cc1.[3H]F.[U]. The summed E-state index contributed by atoms with van der Waals surface area (Å²) >= 11 is 0. The van der Waals surface area contributed by atoms with Gasteiger partial charge in [-0.25, -0.2) is 9.59 Å². The van der Waals surface area contributed by atoms with E-state index in [9.17, 15) is 45.5 Å². The number of imide groups is 1. The van der Waals surface area contributed by atoms with Crippen molar-refractivity contribution < 1.29 is 81.4 Å². The summed E-state index contributed by atoms with van der Waals surface area (Å²) in [6.07, 6.45) is -6.69. The fraction of sp³-hybridized carbons (Fsp3) is 0.122. The van der Waals surface area contributed by atoms with Crippen LogP contribution in [0.5, 0.6) is 0 Å². The van der Waals surface area contributed by atoms with Crippen molar-refractivity contribution in [2.24, 2.45) is 0 Å². The largest absolute Gasteiger partial charge is 0.416 e. The summed E-state index contributed by atoms with van der Waals surface area (Å²) < 4.78 is 89.7. The average molecular weight is 1030 g/mol. The van der Waals surface area contributed by atoms with Crippen molar-refractivity contribution >= 4 is 63.9 Å². The standard InChI is InChI=1S/C24H21N3O3.C17H12F6N2O.FH.U/c1-3-15-8-11-17(12-9-15)26-24(30)25-14-16-10-13-20-21-18(16)6-5-7-19(21)22(28)27(4-2)23(20)29;1-2-10-3-5-13(6-4-10)24-15(26)25-14-8-11(16(18,19)20)7-12(9-14)17(21,22)23;;/h3,5-13H,1,4,14H2,2H3,(H2,25,26,30);2-9H,1H2,(H2,24,25,26);1H;/i/hT. The molecule has 1 heterocycles. The van der Waals surface area contributed by atoms with Gasteiger partial charge in [0.2, 0.25) is 0 Å². The predicted molar refractivity (Wildman–Crippen MR) is 206 cm³/mol. The summed E-state index contributed by atoms with van der Waals surface area (Å²) in [5.41, 5.74) is 0.901. The van der Waals surface area contributed by atoms with Crippen LogP contribution in [0.15, 0.2) is 110 Å². The topological polar surface area (TPSA) is 120 Å². The number of carbonyl (C=O) groups is 4. The molecule has 0 spiro atoms. The number of rotatable bonds is 8. The molecule has 0 unspecified atom stereocenters. The van der Waals surface area contributed by atoms with Crippen molar-refractivity contribution in [1.29, 1.82) is 1.45 Å². The number of benzene rings is 5. The minimum atomic E-state index is -4.99. The average Bonchev–Trinajstić information content (AvgIpc) is 3.20. The zero-order valence-corrected chi connectivity index (χ0v) is 34.6. The number of anilines is 3. The van der Waals surface area contributed by atoms with E-state index in [2.05, 4.69) is 30.6 Å². The molecule has 17 heteroatoms. The second kappa shape index (κ2) is 19.5. The van der Waals surface area contributed by atoms with Gasteiger partial charge in [-0.3, -0.25) is 19.2 Å². The number of urea groups is 2. The maximum atomic E-state index is 12.8. The first kappa shape index (κ1) is 44.8. The van der Waals surface area contributed by atoms with E-state index in [1.807, 2.05) is 29.6 Å². The molecule has 0 saturated carbocycles. The summed E-state index contributed by atoms with van der Waals surface area (Å²) in [7, 11) is 0. The van der Waals surface area contributed by atoms with Gasteiger partial charge in [0.1, 0.15) is 0 Å². The molecule has 6 amide bonds. The van der Waals surface area contributed by atoms with Gasteiger partial charge in [0.15, 0.2) is 0 Å². The van der Waals surface area contributed by atoms with Gasteiger partial charge in [0.25, 0.3) is 13.3 Å². The van der Waals surface area contributed by atoms with Gasteiger partial charge in [-0.05, 0) is 83.6 Å². The molecule has 9 nitrogen and oxygen atoms in total. The third-order valence-corrected chi connectivity index (χ3v) is 8.49. The molecule has 5 aromatic carbocycles. The molecular formula is C41H34F7N5O4U. The fourth-order valence-corrected chi connectivity index (χ4v) is 5.72. The van der Waals surface area contributed by atoms with Gasteiger partial charge in [-0.1, -0.05) is 67.8 Å². The van der Waals surface area contributed by atoms with E-state index in [1.165, 1.54) is 17.0 Å². The number of amides is 6. The molecule has 4 N–H and O–H groups in total. The Morgan fingerprint density at radius 1 is 0.690 bits per heavy atom. The number of nitrogens with one attached hydrogen (secondary N) is 4. The normalized spacial score (nSPS) is 12.0. The number of hydrogen-bond acceptors (Lipinski definition) is 4. The first-order valence-corrected chi connectivity index (χ1v) is 16.8. The molecule has 58 heavy (non-hydrogen) atoms. The van der Waals surface area contributed by atoms with Crippen LogP contribution in [-0.4, -0.2) is 36.8 Å². The van der Waals surface area contributed by atoms with Crippen LogP contribution in [0.25, 0.3) is 22.9 Å². The summed E-state index contributed by atoms with van der Waals surface area (Å²) in [6, 6.07) is 22.0. The molecule has 1 aliphatic heterocycles. The van der Waals surface area contributed by atoms with E-state index < -0.39 is 35.2 Å². The van der Waals surface area contributed by atoms with Crippen molar-refractivity contribution in [2.45, 2.75) is 25.8 Å². The molecule has 0 aromatic heterocycles. The molecule has 300 valence electrons. The molecule has 0 radical (unpaired) electrons.